The van der Waals surface area contributed by atoms with Gasteiger partial charge in [0.15, 0.2) is 0 Å². The van der Waals surface area contributed by atoms with Crippen LogP contribution >= 0.6 is 11.3 Å². The van der Waals surface area contributed by atoms with E-state index in [9.17, 15) is 4.79 Å². The molecule has 102 valence electrons. The van der Waals surface area contributed by atoms with Crippen LogP contribution < -0.4 is 5.56 Å². The summed E-state index contributed by atoms with van der Waals surface area (Å²) in [6.07, 6.45) is 3.61. The Morgan fingerprint density at radius 1 is 1.19 bits per heavy atom. The third kappa shape index (κ3) is 1.95. The minimum absolute atomic E-state index is 0.215. The molecule has 0 spiro atoms. The molecule has 0 atom stereocenters. The van der Waals surface area contributed by atoms with Gasteiger partial charge in [-0.3, -0.25) is 4.79 Å². The van der Waals surface area contributed by atoms with Crippen LogP contribution in [0.3, 0.4) is 0 Å². The number of nitrogens with one attached hydrogen (secondary N) is 1. The van der Waals surface area contributed by atoms with Crippen LogP contribution in [-0.4, -0.2) is 25.0 Å². The van der Waals surface area contributed by atoms with E-state index < -0.39 is 0 Å². The van der Waals surface area contributed by atoms with Crippen molar-refractivity contribution in [2.45, 2.75) is 0 Å². The van der Waals surface area contributed by atoms with Crippen molar-refractivity contribution in [2.75, 3.05) is 0 Å². The Kier molecular flexibility index (Phi) is 2.65. The molecule has 3 aromatic heterocycles. The van der Waals surface area contributed by atoms with Crippen LogP contribution in [0.1, 0.15) is 0 Å². The lowest BCUT2D eigenvalue weighted by Crippen LogP contribution is -2.05. The van der Waals surface area contributed by atoms with Gasteiger partial charge in [0.05, 0.1) is 21.6 Å². The van der Waals surface area contributed by atoms with Gasteiger partial charge in [-0.15, -0.1) is 11.3 Å². The molecule has 0 amide bonds. The van der Waals surface area contributed by atoms with Gasteiger partial charge in [0.2, 0.25) is 0 Å². The van der Waals surface area contributed by atoms with Gasteiger partial charge in [-0.05, 0) is 24.3 Å². The summed E-state index contributed by atoms with van der Waals surface area (Å²) in [5, 5.41) is 10.8. The predicted molar refractivity (Wildman–Crippen MR) is 80.6 cm³/mol. The van der Waals surface area contributed by atoms with Gasteiger partial charge in [-0.25, -0.2) is 14.8 Å². The molecule has 0 saturated heterocycles. The van der Waals surface area contributed by atoms with Crippen molar-refractivity contribution in [2.24, 2.45) is 0 Å². The number of benzene rings is 1. The molecule has 1 aromatic carbocycles. The van der Waals surface area contributed by atoms with Gasteiger partial charge in [-0.1, -0.05) is 0 Å². The number of fused-ring (bicyclic) bond motifs is 1. The van der Waals surface area contributed by atoms with Gasteiger partial charge in [0.25, 0.3) is 5.56 Å². The summed E-state index contributed by atoms with van der Waals surface area (Å²) >= 11 is 1.54. The number of aromatic nitrogens is 5. The topological polar surface area (TPSA) is 76.5 Å². The first-order valence-corrected chi connectivity index (χ1v) is 7.13. The first-order chi connectivity index (χ1) is 10.3. The largest absolute Gasteiger partial charge is 0.268 e. The van der Waals surface area contributed by atoms with E-state index in [2.05, 4.69) is 20.3 Å². The number of nitrogens with zero attached hydrogens (tertiary/aromatic N) is 4. The summed E-state index contributed by atoms with van der Waals surface area (Å²) in [6, 6.07) is 8.97. The van der Waals surface area contributed by atoms with Gasteiger partial charge >= 0.3 is 0 Å². The molecule has 7 heteroatoms. The second-order valence-corrected chi connectivity index (χ2v) is 5.27. The number of aromatic amines is 1. The van der Waals surface area contributed by atoms with E-state index in [0.29, 0.717) is 0 Å². The summed E-state index contributed by atoms with van der Waals surface area (Å²) in [7, 11) is 0. The Morgan fingerprint density at radius 3 is 2.90 bits per heavy atom. The molecular formula is C14H9N5OS. The molecule has 0 radical (unpaired) electrons. The first-order valence-electron chi connectivity index (χ1n) is 6.25. The normalized spacial score (nSPS) is 11.0. The fourth-order valence-corrected chi connectivity index (χ4v) is 3.06. The lowest BCUT2D eigenvalue weighted by atomic mass is 10.1. The van der Waals surface area contributed by atoms with Crippen LogP contribution in [0.5, 0.6) is 0 Å². The van der Waals surface area contributed by atoms with Gasteiger partial charge in [-0.2, -0.15) is 10.2 Å². The van der Waals surface area contributed by atoms with Crippen molar-refractivity contribution in [1.29, 1.82) is 0 Å². The van der Waals surface area contributed by atoms with Crippen LogP contribution in [0.25, 0.3) is 27.2 Å². The molecule has 21 heavy (non-hydrogen) atoms. The van der Waals surface area contributed by atoms with Crippen molar-refractivity contribution in [3.05, 3.63) is 58.6 Å². The van der Waals surface area contributed by atoms with Crippen molar-refractivity contribution in [3.63, 3.8) is 0 Å². The lowest BCUT2D eigenvalue weighted by molar-refractivity contribution is 0.885. The Balaban J connectivity index is 1.97. The SMILES string of the molecule is O=c1ccc(-c2ccc(-n3cccn3)c3ncsc23)n[nH]1. The summed E-state index contributed by atoms with van der Waals surface area (Å²) in [5.74, 6) is 0. The van der Waals surface area contributed by atoms with E-state index in [1.807, 2.05) is 24.4 Å². The average molecular weight is 295 g/mol. The summed E-state index contributed by atoms with van der Waals surface area (Å²) in [6.45, 7) is 0. The highest BCUT2D eigenvalue weighted by Crippen LogP contribution is 2.33. The molecule has 0 unspecified atom stereocenters. The molecule has 4 aromatic rings. The highest BCUT2D eigenvalue weighted by atomic mass is 32.1. The molecule has 6 nitrogen and oxygen atoms in total. The maximum atomic E-state index is 11.1. The van der Waals surface area contributed by atoms with E-state index in [4.69, 9.17) is 0 Å². The van der Waals surface area contributed by atoms with Crippen LogP contribution in [0.15, 0.2) is 53.0 Å². The van der Waals surface area contributed by atoms with E-state index in [0.717, 1.165) is 27.2 Å². The smallest absolute Gasteiger partial charge is 0.264 e. The molecule has 0 aliphatic heterocycles. The molecule has 1 N–H and O–H groups in total. The highest BCUT2D eigenvalue weighted by Gasteiger charge is 2.12. The number of hydrogen-bond acceptors (Lipinski definition) is 5. The molecule has 0 saturated carbocycles. The maximum Gasteiger partial charge on any atom is 0.264 e. The monoisotopic (exact) mass is 295 g/mol. The fourth-order valence-electron chi connectivity index (χ4n) is 2.23. The number of rotatable bonds is 2. The maximum absolute atomic E-state index is 11.1. The second kappa shape index (κ2) is 4.64. The van der Waals surface area contributed by atoms with E-state index in [1.54, 1.807) is 33.8 Å². The summed E-state index contributed by atoms with van der Waals surface area (Å²) in [4.78, 5) is 15.6. The Hall–Kier alpha value is -2.80. The molecule has 4 rings (SSSR count). The zero-order valence-corrected chi connectivity index (χ0v) is 11.5. The second-order valence-electron chi connectivity index (χ2n) is 4.42. The third-order valence-corrected chi connectivity index (χ3v) is 4.03. The molecular weight excluding hydrogens is 286 g/mol. The van der Waals surface area contributed by atoms with E-state index >= 15 is 0 Å². The minimum Gasteiger partial charge on any atom is -0.268 e. The van der Waals surface area contributed by atoms with Gasteiger partial charge < -0.3 is 0 Å². The third-order valence-electron chi connectivity index (χ3n) is 3.17. The van der Waals surface area contributed by atoms with Crippen molar-refractivity contribution < 1.29 is 0 Å². The van der Waals surface area contributed by atoms with Gasteiger partial charge in [0.1, 0.15) is 5.52 Å². The quantitative estimate of drug-likeness (QED) is 0.615. The van der Waals surface area contributed by atoms with E-state index in [-0.39, 0.29) is 5.56 Å². The summed E-state index contributed by atoms with van der Waals surface area (Å²) in [5.41, 5.74) is 5.04. The van der Waals surface area contributed by atoms with Crippen LogP contribution in [0.2, 0.25) is 0 Å². The zero-order chi connectivity index (χ0) is 14.2. The van der Waals surface area contributed by atoms with Crippen LogP contribution in [0.4, 0.5) is 0 Å². The minimum atomic E-state index is -0.215. The van der Waals surface area contributed by atoms with Crippen LogP contribution in [0, 0.1) is 0 Å². The standard InChI is InChI=1S/C14H9N5OS/c20-12-5-3-10(17-18-12)9-2-4-11(19-7-1-6-16-19)13-14(9)21-8-15-13/h1-8H,(H,18,20). The molecule has 3 heterocycles. The molecule has 0 aliphatic rings. The Labute approximate surface area is 122 Å². The molecule has 0 fully saturated rings. The zero-order valence-electron chi connectivity index (χ0n) is 10.7. The lowest BCUT2D eigenvalue weighted by Gasteiger charge is -2.06. The highest BCUT2D eigenvalue weighted by molar-refractivity contribution is 7.17. The molecule has 0 bridgehead atoms. The summed E-state index contributed by atoms with van der Waals surface area (Å²) < 4.78 is 2.80. The fraction of sp³-hybridized carbons (Fsp3) is 0. The van der Waals surface area contributed by atoms with Crippen LogP contribution in [-0.2, 0) is 0 Å². The average Bonchev–Trinajstić information content (AvgIpc) is 3.19. The van der Waals surface area contributed by atoms with E-state index in [1.165, 1.54) is 6.07 Å². The van der Waals surface area contributed by atoms with Gasteiger partial charge in [0, 0.05) is 24.0 Å². The number of H-pyrrole nitrogens is 1. The molecule has 0 aliphatic carbocycles. The van der Waals surface area contributed by atoms with Crippen molar-refractivity contribution >= 4 is 21.6 Å². The van der Waals surface area contributed by atoms with Crippen molar-refractivity contribution in [1.82, 2.24) is 25.0 Å². The number of hydrogen-bond donors (Lipinski definition) is 1. The Bertz CT molecular complexity index is 950. The number of thiazole rings is 1. The predicted octanol–water partition coefficient (Wildman–Crippen LogP) is 2.23. The Morgan fingerprint density at radius 2 is 2.14 bits per heavy atom. The first kappa shape index (κ1) is 12.0. The van der Waals surface area contributed by atoms with Crippen molar-refractivity contribution in [3.8, 4) is 16.9 Å².